The van der Waals surface area contributed by atoms with Gasteiger partial charge < -0.3 is 10.2 Å². The van der Waals surface area contributed by atoms with Gasteiger partial charge in [0.15, 0.2) is 0 Å². The summed E-state index contributed by atoms with van der Waals surface area (Å²) in [6.45, 7) is 8.64. The molecule has 0 aliphatic rings. The van der Waals surface area contributed by atoms with E-state index >= 15 is 0 Å². The lowest BCUT2D eigenvalue weighted by atomic mass is 10.1. The minimum absolute atomic E-state index is 0.0000600. The first-order valence-electron chi connectivity index (χ1n) is 11.2. The fourth-order valence-electron chi connectivity index (χ4n) is 3.40. The second kappa shape index (κ2) is 11.6. The van der Waals surface area contributed by atoms with Gasteiger partial charge in [-0.05, 0) is 69.5 Å². The van der Waals surface area contributed by atoms with E-state index in [1.54, 1.807) is 37.3 Å². The molecular formula is C25H33Cl2N3O4S. The van der Waals surface area contributed by atoms with Crippen molar-refractivity contribution in [1.29, 1.82) is 0 Å². The number of carbonyl (C=O) groups excluding carboxylic acids is 2. The highest BCUT2D eigenvalue weighted by molar-refractivity contribution is 7.92. The predicted molar refractivity (Wildman–Crippen MR) is 142 cm³/mol. The second-order valence-corrected chi connectivity index (χ2v) is 12.2. The topological polar surface area (TPSA) is 86.8 Å². The zero-order valence-electron chi connectivity index (χ0n) is 20.9. The molecule has 0 saturated heterocycles. The van der Waals surface area contributed by atoms with E-state index in [2.05, 4.69) is 5.32 Å². The van der Waals surface area contributed by atoms with Crippen LogP contribution in [0.5, 0.6) is 0 Å². The first kappa shape index (κ1) is 28.9. The highest BCUT2D eigenvalue weighted by Crippen LogP contribution is 2.24. The number of aryl methyl sites for hydroxylation is 1. The van der Waals surface area contributed by atoms with Crippen molar-refractivity contribution in [3.63, 3.8) is 0 Å². The van der Waals surface area contributed by atoms with Crippen LogP contribution in [0.3, 0.4) is 0 Å². The van der Waals surface area contributed by atoms with Gasteiger partial charge in [0.1, 0.15) is 12.6 Å². The maximum Gasteiger partial charge on any atom is 0.244 e. The van der Waals surface area contributed by atoms with Gasteiger partial charge in [0.25, 0.3) is 0 Å². The number of hydrogen-bond acceptors (Lipinski definition) is 4. The van der Waals surface area contributed by atoms with Crippen molar-refractivity contribution >= 4 is 50.7 Å². The molecule has 0 saturated carbocycles. The fourth-order valence-corrected chi connectivity index (χ4v) is 4.72. The van der Waals surface area contributed by atoms with Gasteiger partial charge in [0.05, 0.1) is 11.9 Å². The lowest BCUT2D eigenvalue weighted by Crippen LogP contribution is -2.54. The predicted octanol–water partition coefficient (Wildman–Crippen LogP) is 4.65. The number of nitrogens with zero attached hydrogens (tertiary/aromatic N) is 2. The number of hydrogen-bond donors (Lipinski definition) is 1. The van der Waals surface area contributed by atoms with E-state index in [1.807, 2.05) is 39.8 Å². The Morgan fingerprint density at radius 3 is 2.14 bits per heavy atom. The van der Waals surface area contributed by atoms with Gasteiger partial charge in [0, 0.05) is 22.1 Å². The summed E-state index contributed by atoms with van der Waals surface area (Å²) < 4.78 is 26.3. The molecule has 2 aromatic carbocycles. The number of rotatable bonds is 9. The largest absolute Gasteiger partial charge is 0.350 e. The molecule has 1 N–H and O–H groups in total. The summed E-state index contributed by atoms with van der Waals surface area (Å²) in [7, 11) is -3.79. The molecule has 2 aromatic rings. The first-order chi connectivity index (χ1) is 16.1. The van der Waals surface area contributed by atoms with Crippen LogP contribution in [0.1, 0.15) is 45.7 Å². The van der Waals surface area contributed by atoms with Crippen LogP contribution in [0.2, 0.25) is 10.0 Å². The van der Waals surface area contributed by atoms with E-state index < -0.39 is 34.1 Å². The van der Waals surface area contributed by atoms with Crippen LogP contribution in [0.15, 0.2) is 42.5 Å². The van der Waals surface area contributed by atoms with Crippen LogP contribution in [0.4, 0.5) is 5.69 Å². The third-order valence-corrected chi connectivity index (χ3v) is 7.06. The molecule has 0 aliphatic carbocycles. The van der Waals surface area contributed by atoms with Crippen LogP contribution < -0.4 is 9.62 Å². The standard InChI is InChI=1S/C25H33Cl2N3O4S/c1-7-18-8-12-21(13-9-18)30(35(6,33)34)16-23(31)29(17(2)24(32)28-25(3,4)5)15-19-10-11-20(26)14-22(19)27/h8-14,17H,7,15-16H2,1-6H3,(H,28,32)/t17-/m1/s1. The number of sulfonamides is 1. The zero-order chi connectivity index (χ0) is 26.6. The smallest absolute Gasteiger partial charge is 0.244 e. The average molecular weight is 543 g/mol. The Kier molecular flexibility index (Phi) is 9.62. The van der Waals surface area contributed by atoms with Gasteiger partial charge in [-0.3, -0.25) is 13.9 Å². The van der Waals surface area contributed by atoms with Crippen LogP contribution in [-0.2, 0) is 32.6 Å². The molecule has 192 valence electrons. The quantitative estimate of drug-likeness (QED) is 0.500. The molecule has 0 aromatic heterocycles. The van der Waals surface area contributed by atoms with Crippen molar-refractivity contribution < 1.29 is 18.0 Å². The van der Waals surface area contributed by atoms with Crippen molar-refractivity contribution in [2.24, 2.45) is 0 Å². The molecule has 35 heavy (non-hydrogen) atoms. The van der Waals surface area contributed by atoms with Crippen LogP contribution in [0, 0.1) is 0 Å². The molecule has 2 amide bonds. The fraction of sp³-hybridized carbons (Fsp3) is 0.440. The van der Waals surface area contributed by atoms with Crippen molar-refractivity contribution in [2.45, 2.75) is 59.2 Å². The van der Waals surface area contributed by atoms with Crippen LogP contribution in [0.25, 0.3) is 0 Å². The molecule has 0 radical (unpaired) electrons. The number of anilines is 1. The van der Waals surface area contributed by atoms with Crippen LogP contribution in [-0.4, -0.2) is 49.5 Å². The molecule has 0 fully saturated rings. The lowest BCUT2D eigenvalue weighted by molar-refractivity contribution is -0.140. The molecule has 0 unspecified atom stereocenters. The Morgan fingerprint density at radius 2 is 1.66 bits per heavy atom. The molecule has 10 heteroatoms. The van der Waals surface area contributed by atoms with E-state index in [0.29, 0.717) is 21.3 Å². The van der Waals surface area contributed by atoms with E-state index in [9.17, 15) is 18.0 Å². The first-order valence-corrected chi connectivity index (χ1v) is 13.8. The molecule has 7 nitrogen and oxygen atoms in total. The van der Waals surface area contributed by atoms with Gasteiger partial charge in [-0.2, -0.15) is 0 Å². The summed E-state index contributed by atoms with van der Waals surface area (Å²) in [6, 6.07) is 11.0. The summed E-state index contributed by atoms with van der Waals surface area (Å²) in [4.78, 5) is 27.9. The third kappa shape index (κ3) is 8.40. The monoisotopic (exact) mass is 541 g/mol. The third-order valence-electron chi connectivity index (χ3n) is 5.33. The normalized spacial score (nSPS) is 12.7. The summed E-state index contributed by atoms with van der Waals surface area (Å²) >= 11 is 12.4. The highest BCUT2D eigenvalue weighted by atomic mass is 35.5. The van der Waals surface area contributed by atoms with Gasteiger partial charge in [-0.15, -0.1) is 0 Å². The van der Waals surface area contributed by atoms with Gasteiger partial charge in [-0.25, -0.2) is 8.42 Å². The summed E-state index contributed by atoms with van der Waals surface area (Å²) in [5, 5.41) is 3.65. The number of benzene rings is 2. The maximum atomic E-state index is 13.6. The maximum absolute atomic E-state index is 13.6. The average Bonchev–Trinajstić information content (AvgIpc) is 2.74. The minimum Gasteiger partial charge on any atom is -0.350 e. The Bertz CT molecular complexity index is 1160. The van der Waals surface area contributed by atoms with E-state index in [0.717, 1.165) is 22.5 Å². The lowest BCUT2D eigenvalue weighted by Gasteiger charge is -2.33. The van der Waals surface area contributed by atoms with Crippen molar-refractivity contribution in [3.8, 4) is 0 Å². The zero-order valence-corrected chi connectivity index (χ0v) is 23.3. The van der Waals surface area contributed by atoms with Gasteiger partial charge >= 0.3 is 0 Å². The number of halogens is 2. The Morgan fingerprint density at radius 1 is 1.06 bits per heavy atom. The van der Waals surface area contributed by atoms with E-state index in [-0.39, 0.29) is 12.5 Å². The second-order valence-electron chi connectivity index (χ2n) is 9.46. The molecule has 2 rings (SSSR count). The molecule has 0 aliphatic heterocycles. The van der Waals surface area contributed by atoms with Gasteiger partial charge in [0.2, 0.25) is 21.8 Å². The molecule has 1 atom stereocenters. The number of amides is 2. The Hall–Kier alpha value is -2.29. The molecule has 0 bridgehead atoms. The van der Waals surface area contributed by atoms with E-state index in [4.69, 9.17) is 23.2 Å². The highest BCUT2D eigenvalue weighted by Gasteiger charge is 2.31. The summed E-state index contributed by atoms with van der Waals surface area (Å²) in [5.41, 5.74) is 1.48. The summed E-state index contributed by atoms with van der Waals surface area (Å²) in [6.07, 6.45) is 1.85. The minimum atomic E-state index is -3.79. The molecular weight excluding hydrogens is 509 g/mol. The Labute approximate surface area is 218 Å². The number of nitrogens with one attached hydrogen (secondary N) is 1. The SMILES string of the molecule is CCc1ccc(N(CC(=O)N(Cc2ccc(Cl)cc2Cl)[C@H](C)C(=O)NC(C)(C)C)S(C)(=O)=O)cc1. The van der Waals surface area contributed by atoms with Crippen LogP contribution >= 0.6 is 23.2 Å². The number of carbonyl (C=O) groups is 2. The summed E-state index contributed by atoms with van der Waals surface area (Å²) in [5.74, 6) is -0.910. The van der Waals surface area contributed by atoms with Crippen molar-refractivity contribution in [2.75, 3.05) is 17.1 Å². The molecule has 0 heterocycles. The molecule has 0 spiro atoms. The van der Waals surface area contributed by atoms with Crippen molar-refractivity contribution in [3.05, 3.63) is 63.6 Å². The Balaban J connectivity index is 2.43. The van der Waals surface area contributed by atoms with E-state index in [1.165, 1.54) is 4.90 Å². The van der Waals surface area contributed by atoms with Gasteiger partial charge in [-0.1, -0.05) is 48.3 Å². The van der Waals surface area contributed by atoms with Crippen molar-refractivity contribution in [1.82, 2.24) is 10.2 Å².